The van der Waals surface area contributed by atoms with Crippen LogP contribution in [0.15, 0.2) is 15.8 Å². The highest BCUT2D eigenvalue weighted by atomic mass is 35.5. The summed E-state index contributed by atoms with van der Waals surface area (Å²) in [5.74, 6) is 4.77. The van der Waals surface area contributed by atoms with Gasteiger partial charge in [0.1, 0.15) is 5.02 Å². The molecule has 1 heterocycles. The number of nitrogens with zero attached hydrogens (tertiary/aromatic N) is 1. The first kappa shape index (κ1) is 9.97. The van der Waals surface area contributed by atoms with Crippen LogP contribution in [-0.4, -0.2) is 16.2 Å². The molecule has 0 unspecified atom stereocenters. The van der Waals surface area contributed by atoms with Crippen LogP contribution in [0.25, 0.3) is 0 Å². The Kier molecular flexibility index (Phi) is 3.24. The highest BCUT2D eigenvalue weighted by Crippen LogP contribution is 1.94. The average Bonchev–Trinajstić information content (AvgIpc) is 2.09. The van der Waals surface area contributed by atoms with E-state index in [1.807, 2.05) is 4.98 Å². The van der Waals surface area contributed by atoms with Gasteiger partial charge in [0.15, 0.2) is 0 Å². The normalized spacial score (nSPS) is 10.3. The first-order valence-corrected chi connectivity index (χ1v) is 3.84. The number of hydrogen-bond donors (Lipinski definition) is 2. The monoisotopic (exact) mass is 205 g/mol. The maximum atomic E-state index is 11.1. The van der Waals surface area contributed by atoms with Gasteiger partial charge >= 0.3 is 5.69 Å². The lowest BCUT2D eigenvalue weighted by Gasteiger charge is -2.02. The SMILES string of the molecule is NOCCn1cc(Cl)c(=O)[nH]c1=O. The molecule has 0 saturated carbocycles. The van der Waals surface area contributed by atoms with Crippen LogP contribution in [0.3, 0.4) is 0 Å². The maximum absolute atomic E-state index is 11.1. The Labute approximate surface area is 77.8 Å². The summed E-state index contributed by atoms with van der Waals surface area (Å²) in [7, 11) is 0. The fourth-order valence-corrected chi connectivity index (χ4v) is 0.965. The van der Waals surface area contributed by atoms with Crippen LogP contribution in [0, 0.1) is 0 Å². The molecular formula is C6H8ClN3O3. The molecule has 0 atom stereocenters. The van der Waals surface area contributed by atoms with Crippen molar-refractivity contribution in [1.29, 1.82) is 0 Å². The van der Waals surface area contributed by atoms with Crippen LogP contribution >= 0.6 is 11.6 Å². The van der Waals surface area contributed by atoms with Crippen molar-refractivity contribution in [2.75, 3.05) is 6.61 Å². The molecule has 1 rings (SSSR count). The van der Waals surface area contributed by atoms with Crippen molar-refractivity contribution < 1.29 is 4.84 Å². The Bertz CT molecular complexity index is 397. The van der Waals surface area contributed by atoms with E-state index >= 15 is 0 Å². The van der Waals surface area contributed by atoms with E-state index in [1.54, 1.807) is 0 Å². The van der Waals surface area contributed by atoms with E-state index in [4.69, 9.17) is 17.5 Å². The van der Waals surface area contributed by atoms with E-state index < -0.39 is 11.2 Å². The van der Waals surface area contributed by atoms with Gasteiger partial charge in [-0.15, -0.1) is 0 Å². The molecule has 13 heavy (non-hydrogen) atoms. The quantitative estimate of drug-likeness (QED) is 0.625. The predicted octanol–water partition coefficient (Wildman–Crippen LogP) is -0.920. The van der Waals surface area contributed by atoms with Crippen LogP contribution < -0.4 is 17.1 Å². The Morgan fingerprint density at radius 3 is 2.92 bits per heavy atom. The van der Waals surface area contributed by atoms with Crippen molar-refractivity contribution >= 4 is 11.6 Å². The molecule has 6 nitrogen and oxygen atoms in total. The first-order chi connectivity index (χ1) is 6.15. The molecule has 0 radical (unpaired) electrons. The highest BCUT2D eigenvalue weighted by Gasteiger charge is 2.00. The van der Waals surface area contributed by atoms with Crippen LogP contribution in [0.1, 0.15) is 0 Å². The molecule has 7 heteroatoms. The molecule has 0 fully saturated rings. The van der Waals surface area contributed by atoms with Gasteiger partial charge in [0.2, 0.25) is 0 Å². The van der Waals surface area contributed by atoms with Gasteiger partial charge in [-0.25, -0.2) is 10.7 Å². The van der Waals surface area contributed by atoms with Gasteiger partial charge in [-0.05, 0) is 0 Å². The maximum Gasteiger partial charge on any atom is 0.328 e. The lowest BCUT2D eigenvalue weighted by Crippen LogP contribution is -2.31. The Morgan fingerprint density at radius 1 is 1.62 bits per heavy atom. The molecule has 1 aromatic rings. The standard InChI is InChI=1S/C6H8ClN3O3/c7-4-3-10(1-2-13-8)6(12)9-5(4)11/h3H,1-2,8H2,(H,9,11,12). The predicted molar refractivity (Wildman–Crippen MR) is 46.5 cm³/mol. The van der Waals surface area contributed by atoms with Gasteiger partial charge in [0, 0.05) is 6.20 Å². The van der Waals surface area contributed by atoms with Crippen molar-refractivity contribution in [1.82, 2.24) is 9.55 Å². The Morgan fingerprint density at radius 2 is 2.31 bits per heavy atom. The van der Waals surface area contributed by atoms with E-state index in [2.05, 4.69) is 4.84 Å². The number of halogens is 1. The minimum absolute atomic E-state index is 0.0448. The second-order valence-electron chi connectivity index (χ2n) is 2.30. The molecule has 0 aliphatic heterocycles. The molecule has 0 bridgehead atoms. The van der Waals surface area contributed by atoms with Gasteiger partial charge in [-0.3, -0.25) is 14.3 Å². The zero-order valence-electron chi connectivity index (χ0n) is 6.62. The van der Waals surface area contributed by atoms with E-state index in [0.717, 1.165) is 0 Å². The van der Waals surface area contributed by atoms with Gasteiger partial charge < -0.3 is 4.84 Å². The zero-order chi connectivity index (χ0) is 9.84. The van der Waals surface area contributed by atoms with Crippen LogP contribution in [0.2, 0.25) is 5.02 Å². The summed E-state index contributed by atoms with van der Waals surface area (Å²) in [6, 6.07) is 0. The molecule has 3 N–H and O–H groups in total. The number of aromatic nitrogens is 2. The number of hydrogen-bond acceptors (Lipinski definition) is 4. The van der Waals surface area contributed by atoms with Crippen molar-refractivity contribution in [2.24, 2.45) is 5.90 Å². The number of nitrogens with one attached hydrogen (secondary N) is 1. The zero-order valence-corrected chi connectivity index (χ0v) is 7.37. The largest absolute Gasteiger partial charge is 0.328 e. The lowest BCUT2D eigenvalue weighted by atomic mass is 10.6. The van der Waals surface area contributed by atoms with Gasteiger partial charge in [-0.1, -0.05) is 11.6 Å². The topological polar surface area (TPSA) is 90.1 Å². The molecule has 0 saturated heterocycles. The van der Waals surface area contributed by atoms with Crippen molar-refractivity contribution in [3.05, 3.63) is 32.1 Å². The van der Waals surface area contributed by atoms with Gasteiger partial charge in [-0.2, -0.15) is 0 Å². The fourth-order valence-electron chi connectivity index (χ4n) is 0.800. The summed E-state index contributed by atoms with van der Waals surface area (Å²) in [5, 5.41) is -0.0448. The van der Waals surface area contributed by atoms with Crippen LogP contribution in [-0.2, 0) is 11.4 Å². The number of H-pyrrole nitrogens is 1. The lowest BCUT2D eigenvalue weighted by molar-refractivity contribution is 0.128. The van der Waals surface area contributed by atoms with Crippen LogP contribution in [0.5, 0.6) is 0 Å². The summed E-state index contributed by atoms with van der Waals surface area (Å²) in [6.07, 6.45) is 1.24. The molecule has 72 valence electrons. The number of rotatable bonds is 3. The van der Waals surface area contributed by atoms with Gasteiger partial charge in [0.05, 0.1) is 13.2 Å². The second kappa shape index (κ2) is 4.22. The molecule has 0 aliphatic rings. The van der Waals surface area contributed by atoms with Crippen LogP contribution in [0.4, 0.5) is 0 Å². The molecule has 0 aromatic carbocycles. The van der Waals surface area contributed by atoms with Crippen molar-refractivity contribution in [3.63, 3.8) is 0 Å². The summed E-state index contributed by atoms with van der Waals surface area (Å²) in [6.45, 7) is 0.411. The van der Waals surface area contributed by atoms with E-state index in [1.165, 1.54) is 10.8 Å². The van der Waals surface area contributed by atoms with E-state index in [-0.39, 0.29) is 18.2 Å². The summed E-state index contributed by atoms with van der Waals surface area (Å²) < 4.78 is 1.20. The molecule has 0 amide bonds. The van der Waals surface area contributed by atoms with E-state index in [0.29, 0.717) is 0 Å². The third-order valence-electron chi connectivity index (χ3n) is 1.42. The number of aromatic amines is 1. The first-order valence-electron chi connectivity index (χ1n) is 3.46. The summed E-state index contributed by atoms with van der Waals surface area (Å²) >= 11 is 5.49. The van der Waals surface area contributed by atoms with Crippen molar-refractivity contribution in [2.45, 2.75) is 6.54 Å². The second-order valence-corrected chi connectivity index (χ2v) is 2.71. The Hall–Kier alpha value is -1.11. The Balaban J connectivity index is 3.02. The minimum Gasteiger partial charge on any atom is -0.303 e. The third-order valence-corrected chi connectivity index (χ3v) is 1.69. The number of nitrogens with two attached hydrogens (primary N) is 1. The summed E-state index contributed by atoms with van der Waals surface area (Å²) in [4.78, 5) is 28.2. The van der Waals surface area contributed by atoms with E-state index in [9.17, 15) is 9.59 Å². The third kappa shape index (κ3) is 2.41. The minimum atomic E-state index is -0.600. The highest BCUT2D eigenvalue weighted by molar-refractivity contribution is 6.30. The van der Waals surface area contributed by atoms with Gasteiger partial charge in [0.25, 0.3) is 5.56 Å². The smallest absolute Gasteiger partial charge is 0.303 e. The molecule has 1 aromatic heterocycles. The molecule has 0 spiro atoms. The van der Waals surface area contributed by atoms with Crippen molar-refractivity contribution in [3.8, 4) is 0 Å². The summed E-state index contributed by atoms with van der Waals surface area (Å²) in [5.41, 5.74) is -1.14. The fraction of sp³-hybridized carbons (Fsp3) is 0.333. The molecule has 0 aliphatic carbocycles. The average molecular weight is 206 g/mol. The molecular weight excluding hydrogens is 198 g/mol.